The molecule has 0 saturated carbocycles. The fourth-order valence-corrected chi connectivity index (χ4v) is 2.21. The molecule has 1 aliphatic heterocycles. The molecule has 1 rings (SSSR count). The molecule has 0 bridgehead atoms. The summed E-state index contributed by atoms with van der Waals surface area (Å²) in [4.78, 5) is 1.98. The Hall–Kier alpha value is -0.130. The van der Waals surface area contributed by atoms with E-state index in [0.717, 1.165) is 26.2 Å². The Bertz CT molecular complexity index is 220. The largest absolute Gasteiger partial charge is 0.314 e. The summed E-state index contributed by atoms with van der Waals surface area (Å²) in [7, 11) is -2.82. The fraction of sp³-hybridized carbons (Fsp3) is 1.00. The number of hydrogen-bond donors (Lipinski definition) is 1. The molecule has 0 atom stereocenters. The Kier molecular flexibility index (Phi) is 3.49. The van der Waals surface area contributed by atoms with Crippen LogP contribution in [0.25, 0.3) is 0 Å². The summed E-state index contributed by atoms with van der Waals surface area (Å²) < 4.78 is 22.4. The van der Waals surface area contributed by atoms with E-state index >= 15 is 0 Å². The second-order valence-electron chi connectivity index (χ2n) is 3.03. The topological polar surface area (TPSA) is 49.4 Å². The first-order valence-corrected chi connectivity index (χ1v) is 6.09. The van der Waals surface area contributed by atoms with Crippen molar-refractivity contribution in [3.63, 3.8) is 0 Å². The molecule has 12 heavy (non-hydrogen) atoms. The smallest absolute Gasteiger partial charge is 0.163 e. The fourth-order valence-electron chi connectivity index (χ4n) is 1.21. The molecule has 1 N–H and O–H groups in total. The second-order valence-corrected chi connectivity index (χ2v) is 5.35. The van der Waals surface area contributed by atoms with Gasteiger partial charge in [0.05, 0.1) is 0 Å². The minimum absolute atomic E-state index is 0.227. The van der Waals surface area contributed by atoms with Crippen molar-refractivity contribution < 1.29 is 8.42 Å². The van der Waals surface area contributed by atoms with E-state index in [1.165, 1.54) is 0 Å². The van der Waals surface area contributed by atoms with Crippen LogP contribution in [0.1, 0.15) is 6.92 Å². The van der Waals surface area contributed by atoms with E-state index in [-0.39, 0.29) is 11.6 Å². The van der Waals surface area contributed by atoms with Crippen LogP contribution < -0.4 is 5.32 Å². The van der Waals surface area contributed by atoms with Gasteiger partial charge in [-0.05, 0) is 0 Å². The van der Waals surface area contributed by atoms with E-state index in [2.05, 4.69) is 5.32 Å². The lowest BCUT2D eigenvalue weighted by Gasteiger charge is -2.26. The molecule has 1 saturated heterocycles. The van der Waals surface area contributed by atoms with Crippen molar-refractivity contribution in [2.75, 3.05) is 37.8 Å². The first kappa shape index (κ1) is 9.95. The summed E-state index contributed by atoms with van der Waals surface area (Å²) in [5.74, 6) is 0.474. The molecule has 0 aromatic rings. The standard InChI is InChI=1S/C7H16N2O2S/c1-2-12(10,11)7-9-5-3-8-4-6-9/h8H,2-7H2,1H3. The molecular weight excluding hydrogens is 176 g/mol. The first-order chi connectivity index (χ1) is 5.64. The van der Waals surface area contributed by atoms with Crippen LogP contribution in [-0.4, -0.2) is 51.1 Å². The van der Waals surface area contributed by atoms with Crippen molar-refractivity contribution in [1.29, 1.82) is 0 Å². The van der Waals surface area contributed by atoms with E-state index < -0.39 is 9.84 Å². The number of rotatable bonds is 3. The van der Waals surface area contributed by atoms with Crippen molar-refractivity contribution >= 4 is 9.84 Å². The highest BCUT2D eigenvalue weighted by Gasteiger charge is 2.16. The van der Waals surface area contributed by atoms with E-state index in [1.54, 1.807) is 6.92 Å². The molecule has 1 aliphatic rings. The molecule has 1 fully saturated rings. The SMILES string of the molecule is CCS(=O)(=O)CN1CCNCC1. The third-order valence-corrected chi connectivity index (χ3v) is 3.67. The Morgan fingerprint density at radius 3 is 2.42 bits per heavy atom. The molecule has 0 radical (unpaired) electrons. The predicted octanol–water partition coefficient (Wildman–Crippen LogP) is -0.716. The van der Waals surface area contributed by atoms with E-state index in [0.29, 0.717) is 0 Å². The quantitative estimate of drug-likeness (QED) is 0.641. The maximum atomic E-state index is 11.2. The van der Waals surface area contributed by atoms with Crippen molar-refractivity contribution in [3.8, 4) is 0 Å². The second kappa shape index (κ2) is 4.20. The normalized spacial score (nSPS) is 21.1. The van der Waals surface area contributed by atoms with Gasteiger partial charge in [0, 0.05) is 31.9 Å². The lowest BCUT2D eigenvalue weighted by molar-refractivity contribution is 0.274. The lowest BCUT2D eigenvalue weighted by Crippen LogP contribution is -2.45. The number of sulfone groups is 1. The van der Waals surface area contributed by atoms with Crippen LogP contribution in [-0.2, 0) is 9.84 Å². The van der Waals surface area contributed by atoms with Gasteiger partial charge < -0.3 is 5.32 Å². The highest BCUT2D eigenvalue weighted by atomic mass is 32.2. The molecule has 5 heteroatoms. The Balaban J connectivity index is 2.39. The predicted molar refractivity (Wildman–Crippen MR) is 48.8 cm³/mol. The third kappa shape index (κ3) is 3.08. The van der Waals surface area contributed by atoms with Gasteiger partial charge in [-0.3, -0.25) is 4.90 Å². The van der Waals surface area contributed by atoms with Gasteiger partial charge >= 0.3 is 0 Å². The number of piperazine rings is 1. The van der Waals surface area contributed by atoms with E-state index in [9.17, 15) is 8.42 Å². The Morgan fingerprint density at radius 2 is 1.92 bits per heavy atom. The van der Waals surface area contributed by atoms with Crippen molar-refractivity contribution in [1.82, 2.24) is 10.2 Å². The average Bonchev–Trinajstić information content (AvgIpc) is 2.06. The summed E-state index contributed by atoms with van der Waals surface area (Å²) >= 11 is 0. The summed E-state index contributed by atoms with van der Waals surface area (Å²) in [5, 5.41) is 3.18. The van der Waals surface area contributed by atoms with Gasteiger partial charge in [-0.25, -0.2) is 8.42 Å². The van der Waals surface area contributed by atoms with Gasteiger partial charge in [-0.2, -0.15) is 0 Å². The maximum Gasteiger partial charge on any atom is 0.163 e. The minimum atomic E-state index is -2.82. The van der Waals surface area contributed by atoms with Crippen LogP contribution in [0, 0.1) is 0 Å². The van der Waals surface area contributed by atoms with Gasteiger partial charge in [0.25, 0.3) is 0 Å². The van der Waals surface area contributed by atoms with Crippen molar-refractivity contribution in [2.24, 2.45) is 0 Å². The van der Waals surface area contributed by atoms with Crippen LogP contribution in [0.3, 0.4) is 0 Å². The zero-order chi connectivity index (χ0) is 9.03. The zero-order valence-electron chi connectivity index (χ0n) is 7.41. The molecule has 0 aromatic heterocycles. The Labute approximate surface area is 73.9 Å². The molecule has 4 nitrogen and oxygen atoms in total. The zero-order valence-corrected chi connectivity index (χ0v) is 8.23. The maximum absolute atomic E-state index is 11.2. The van der Waals surface area contributed by atoms with Crippen LogP contribution in [0.2, 0.25) is 0 Å². The average molecular weight is 192 g/mol. The minimum Gasteiger partial charge on any atom is -0.314 e. The summed E-state index contributed by atoms with van der Waals surface area (Å²) in [6.45, 7) is 5.19. The van der Waals surface area contributed by atoms with Crippen molar-refractivity contribution in [3.05, 3.63) is 0 Å². The molecule has 72 valence electrons. The van der Waals surface area contributed by atoms with Crippen LogP contribution >= 0.6 is 0 Å². The van der Waals surface area contributed by atoms with Gasteiger partial charge in [0.15, 0.2) is 9.84 Å². The lowest BCUT2D eigenvalue weighted by atomic mass is 10.4. The van der Waals surface area contributed by atoms with Gasteiger partial charge in [0.2, 0.25) is 0 Å². The van der Waals surface area contributed by atoms with Gasteiger partial charge in [-0.1, -0.05) is 6.92 Å². The van der Waals surface area contributed by atoms with Crippen molar-refractivity contribution in [2.45, 2.75) is 6.92 Å². The molecule has 0 spiro atoms. The molecule has 1 heterocycles. The van der Waals surface area contributed by atoms with Gasteiger partial charge in [-0.15, -0.1) is 0 Å². The van der Waals surface area contributed by atoms with Crippen LogP contribution in [0.4, 0.5) is 0 Å². The van der Waals surface area contributed by atoms with Crippen LogP contribution in [0.5, 0.6) is 0 Å². The Morgan fingerprint density at radius 1 is 1.33 bits per heavy atom. The molecular formula is C7H16N2O2S. The van der Waals surface area contributed by atoms with Gasteiger partial charge in [0.1, 0.15) is 5.88 Å². The summed E-state index contributed by atoms with van der Waals surface area (Å²) in [6.07, 6.45) is 0. The number of nitrogens with zero attached hydrogens (tertiary/aromatic N) is 1. The monoisotopic (exact) mass is 192 g/mol. The summed E-state index contributed by atoms with van der Waals surface area (Å²) in [5.41, 5.74) is 0. The summed E-state index contributed by atoms with van der Waals surface area (Å²) in [6, 6.07) is 0. The number of hydrogen-bond acceptors (Lipinski definition) is 4. The molecule has 0 unspecified atom stereocenters. The van der Waals surface area contributed by atoms with E-state index in [1.807, 2.05) is 4.90 Å². The van der Waals surface area contributed by atoms with E-state index in [4.69, 9.17) is 0 Å². The molecule has 0 aromatic carbocycles. The number of nitrogens with one attached hydrogen (secondary N) is 1. The third-order valence-electron chi connectivity index (χ3n) is 2.03. The van der Waals surface area contributed by atoms with Crippen LogP contribution in [0.15, 0.2) is 0 Å². The molecule has 0 aliphatic carbocycles. The molecule has 0 amide bonds. The highest BCUT2D eigenvalue weighted by Crippen LogP contribution is 1.97. The highest BCUT2D eigenvalue weighted by molar-refractivity contribution is 7.91. The first-order valence-electron chi connectivity index (χ1n) is 4.27.